The number of hydrogen-bond donors (Lipinski definition) is 4. The smallest absolute Gasteiger partial charge is 0.323 e. The summed E-state index contributed by atoms with van der Waals surface area (Å²) in [5, 5.41) is 41.4. The van der Waals surface area contributed by atoms with Crippen LogP contribution < -0.4 is 10.6 Å². The first kappa shape index (κ1) is 28.8. The highest BCUT2D eigenvalue weighted by Gasteiger charge is 2.56. The maximum atomic E-state index is 12.3. The van der Waals surface area contributed by atoms with Crippen molar-refractivity contribution < 1.29 is 34.0 Å². The number of aliphatic hydroxyl groups is 2. The Morgan fingerprint density at radius 1 is 1.31 bits per heavy atom. The van der Waals surface area contributed by atoms with Crippen molar-refractivity contribution in [2.24, 2.45) is 0 Å². The third-order valence-corrected chi connectivity index (χ3v) is 7.14. The molecule has 2 fully saturated rings. The van der Waals surface area contributed by atoms with E-state index in [1.54, 1.807) is 19.1 Å². The highest BCUT2D eigenvalue weighted by molar-refractivity contribution is 5.93. The van der Waals surface area contributed by atoms with Crippen molar-refractivity contribution in [3.63, 3.8) is 0 Å². The molecule has 2 aromatic rings. The number of esters is 1. The number of nitrogens with one attached hydrogen (secondary N) is 2. The van der Waals surface area contributed by atoms with E-state index in [0.717, 1.165) is 32.1 Å². The average molecular weight is 545 g/mol. The van der Waals surface area contributed by atoms with E-state index < -0.39 is 30.0 Å². The van der Waals surface area contributed by atoms with Crippen LogP contribution in [-0.2, 0) is 23.8 Å². The van der Waals surface area contributed by atoms with E-state index in [-0.39, 0.29) is 31.3 Å². The number of nitriles is 1. The Hall–Kier alpha value is -3.15. The van der Waals surface area contributed by atoms with Crippen LogP contribution in [0.2, 0.25) is 0 Å². The van der Waals surface area contributed by atoms with Crippen molar-refractivity contribution in [1.82, 2.24) is 19.9 Å². The molecule has 13 heteroatoms. The summed E-state index contributed by atoms with van der Waals surface area (Å²) in [4.78, 5) is 28.5. The van der Waals surface area contributed by atoms with E-state index in [9.17, 15) is 25.1 Å². The molecule has 13 nitrogen and oxygen atoms in total. The van der Waals surface area contributed by atoms with Crippen molar-refractivity contribution in [3.05, 3.63) is 24.2 Å². The first-order chi connectivity index (χ1) is 18.8. The van der Waals surface area contributed by atoms with Crippen molar-refractivity contribution >= 4 is 23.2 Å². The molecule has 2 aliphatic rings. The van der Waals surface area contributed by atoms with Crippen LogP contribution in [0.1, 0.15) is 70.6 Å². The molecule has 1 aliphatic carbocycles. The number of hydrogen-bond acceptors (Lipinski definition) is 11. The highest BCUT2D eigenvalue weighted by Crippen LogP contribution is 2.40. The molecule has 0 radical (unpaired) electrons. The number of fused-ring (bicyclic) bond motifs is 1. The maximum absolute atomic E-state index is 12.3. The molecule has 39 heavy (non-hydrogen) atoms. The van der Waals surface area contributed by atoms with Gasteiger partial charge in [-0.2, -0.15) is 10.4 Å². The second kappa shape index (κ2) is 12.8. The fraction of sp³-hybridized carbons (Fsp3) is 0.654. The van der Waals surface area contributed by atoms with Crippen LogP contribution in [-0.4, -0.2) is 80.0 Å². The number of anilines is 1. The quantitative estimate of drug-likeness (QED) is 0.182. The predicted octanol–water partition coefficient (Wildman–Crippen LogP) is 1.35. The lowest BCUT2D eigenvalue weighted by molar-refractivity contribution is -0.153. The molecule has 0 spiro atoms. The molecule has 4 rings (SSSR count). The minimum atomic E-state index is -1.87. The minimum absolute atomic E-state index is 0.0576. The van der Waals surface area contributed by atoms with Gasteiger partial charge >= 0.3 is 5.97 Å². The summed E-state index contributed by atoms with van der Waals surface area (Å²) < 4.78 is 18.5. The lowest BCUT2D eigenvalue weighted by Crippen LogP contribution is -2.47. The van der Waals surface area contributed by atoms with E-state index in [1.807, 2.05) is 13.0 Å². The van der Waals surface area contributed by atoms with Crippen LogP contribution in [0, 0.1) is 11.3 Å². The van der Waals surface area contributed by atoms with Gasteiger partial charge in [0.15, 0.2) is 5.82 Å². The number of carbonyl (C=O) groups excluding carboxylic acids is 2. The SMILES string of the molecule is CCCC(=O)Nc1ncnn2c([C@@H]3O[C@](C#N)(COCN[C@@H](C)C(=O)OC4CCCCC4)[C@@H](O)[C@H]3O)ccc12. The molecule has 1 amide bonds. The Bertz CT molecular complexity index is 1190. The molecule has 4 N–H and O–H groups in total. The molecule has 1 saturated carbocycles. The van der Waals surface area contributed by atoms with Gasteiger partial charge in [0.1, 0.15) is 48.4 Å². The van der Waals surface area contributed by atoms with Crippen LogP contribution in [0.25, 0.3) is 5.52 Å². The summed E-state index contributed by atoms with van der Waals surface area (Å²) >= 11 is 0. The topological polar surface area (TPSA) is 180 Å². The van der Waals surface area contributed by atoms with Gasteiger partial charge in [0, 0.05) is 6.42 Å². The molecule has 0 aromatic carbocycles. The van der Waals surface area contributed by atoms with Gasteiger partial charge < -0.3 is 29.7 Å². The lowest BCUT2D eigenvalue weighted by Gasteiger charge is -2.25. The van der Waals surface area contributed by atoms with Crippen molar-refractivity contribution in [1.29, 1.82) is 5.26 Å². The number of rotatable bonds is 11. The molecule has 0 bridgehead atoms. The molecule has 1 aliphatic heterocycles. The van der Waals surface area contributed by atoms with Crippen molar-refractivity contribution in [2.75, 3.05) is 18.7 Å². The highest BCUT2D eigenvalue weighted by atomic mass is 16.6. The predicted molar refractivity (Wildman–Crippen MR) is 137 cm³/mol. The summed E-state index contributed by atoms with van der Waals surface area (Å²) in [6.07, 6.45) is 3.05. The maximum Gasteiger partial charge on any atom is 0.323 e. The fourth-order valence-electron chi connectivity index (χ4n) is 4.89. The monoisotopic (exact) mass is 544 g/mol. The van der Waals surface area contributed by atoms with E-state index in [2.05, 4.69) is 20.7 Å². The molecular formula is C26H36N6O7. The first-order valence-corrected chi connectivity index (χ1v) is 13.4. The van der Waals surface area contributed by atoms with Gasteiger partial charge in [-0.25, -0.2) is 9.50 Å². The van der Waals surface area contributed by atoms with Crippen LogP contribution in [0.4, 0.5) is 5.82 Å². The second-order valence-electron chi connectivity index (χ2n) is 10.1. The Morgan fingerprint density at radius 2 is 2.08 bits per heavy atom. The van der Waals surface area contributed by atoms with Gasteiger partial charge in [0.05, 0.1) is 19.0 Å². The van der Waals surface area contributed by atoms with Crippen molar-refractivity contribution in [2.45, 2.75) is 94.9 Å². The van der Waals surface area contributed by atoms with Gasteiger partial charge in [0.2, 0.25) is 11.5 Å². The van der Waals surface area contributed by atoms with E-state index in [4.69, 9.17) is 14.2 Å². The Kier molecular flexibility index (Phi) is 9.47. The molecule has 2 aromatic heterocycles. The third kappa shape index (κ3) is 6.37. The fourth-order valence-corrected chi connectivity index (χ4v) is 4.89. The Labute approximate surface area is 226 Å². The van der Waals surface area contributed by atoms with E-state index >= 15 is 0 Å². The summed E-state index contributed by atoms with van der Waals surface area (Å²) in [6, 6.07) is 4.58. The first-order valence-electron chi connectivity index (χ1n) is 13.4. The normalized spacial score (nSPS) is 26.3. The Balaban J connectivity index is 1.37. The van der Waals surface area contributed by atoms with Crippen LogP contribution in [0.3, 0.4) is 0 Å². The zero-order valence-corrected chi connectivity index (χ0v) is 22.2. The third-order valence-electron chi connectivity index (χ3n) is 7.14. The van der Waals surface area contributed by atoms with Crippen molar-refractivity contribution in [3.8, 4) is 6.07 Å². The summed E-state index contributed by atoms with van der Waals surface area (Å²) in [5.41, 5.74) is -1.04. The Morgan fingerprint density at radius 3 is 2.79 bits per heavy atom. The van der Waals surface area contributed by atoms with Gasteiger partial charge in [-0.1, -0.05) is 13.3 Å². The molecule has 3 heterocycles. The molecule has 5 atom stereocenters. The summed E-state index contributed by atoms with van der Waals surface area (Å²) in [6.45, 7) is 3.08. The number of amides is 1. The number of nitrogens with zero attached hydrogens (tertiary/aromatic N) is 4. The standard InChI is InChI=1S/C26H36N6O7/c1-3-7-20(33)31-24-19-11-10-18(32(19)30-14-28-24)22-21(34)23(35)26(12-27,39-22)13-37-15-29-16(2)25(36)38-17-8-5-4-6-9-17/h10-11,14,16-17,21-23,29,34-35H,3-9,13,15H2,1-2H3,(H,28,30,31,33)/t16-,21-,22-,23-,26+/m0/s1. The molecule has 0 unspecified atom stereocenters. The summed E-state index contributed by atoms with van der Waals surface area (Å²) in [5.74, 6) is -0.278. The minimum Gasteiger partial charge on any atom is -0.461 e. The van der Waals surface area contributed by atoms with Gasteiger partial charge in [-0.15, -0.1) is 0 Å². The zero-order valence-electron chi connectivity index (χ0n) is 22.2. The number of ether oxygens (including phenoxy) is 3. The van der Waals surface area contributed by atoms with Gasteiger partial charge in [-0.3, -0.25) is 14.9 Å². The number of aromatic nitrogens is 3. The van der Waals surface area contributed by atoms with Crippen LogP contribution in [0.15, 0.2) is 18.5 Å². The van der Waals surface area contributed by atoms with Gasteiger partial charge in [0.25, 0.3) is 0 Å². The largest absolute Gasteiger partial charge is 0.461 e. The van der Waals surface area contributed by atoms with E-state index in [0.29, 0.717) is 29.9 Å². The lowest BCUT2D eigenvalue weighted by atomic mass is 9.96. The van der Waals surface area contributed by atoms with Crippen LogP contribution >= 0.6 is 0 Å². The number of aliphatic hydroxyl groups excluding tert-OH is 2. The molecule has 212 valence electrons. The van der Waals surface area contributed by atoms with E-state index in [1.165, 1.54) is 10.8 Å². The number of carbonyl (C=O) groups is 2. The molecular weight excluding hydrogens is 508 g/mol. The second-order valence-corrected chi connectivity index (χ2v) is 10.1. The van der Waals surface area contributed by atoms with Crippen LogP contribution in [0.5, 0.6) is 0 Å². The van der Waals surface area contributed by atoms with Gasteiger partial charge in [-0.05, 0) is 51.2 Å². The summed E-state index contributed by atoms with van der Waals surface area (Å²) in [7, 11) is 0. The molecule has 1 saturated heterocycles. The zero-order chi connectivity index (χ0) is 28.0. The average Bonchev–Trinajstić information content (AvgIpc) is 3.47.